The van der Waals surface area contributed by atoms with E-state index >= 15 is 0 Å². The first-order valence-corrected chi connectivity index (χ1v) is 11.9. The second kappa shape index (κ2) is 8.02. The fourth-order valence-electron chi connectivity index (χ4n) is 5.12. The molecule has 4 heterocycles. The van der Waals surface area contributed by atoms with Crippen LogP contribution in [0.3, 0.4) is 0 Å². The van der Waals surface area contributed by atoms with Crippen molar-refractivity contribution >= 4 is 61.3 Å². The average molecular weight is 531 g/mol. The number of aromatic nitrogens is 4. The number of nitrogens with zero attached hydrogens (tertiary/aromatic N) is 6. The maximum atomic E-state index is 13.6. The minimum absolute atomic E-state index is 0.00944. The van der Waals surface area contributed by atoms with Crippen LogP contribution in [0.25, 0.3) is 21.9 Å². The summed E-state index contributed by atoms with van der Waals surface area (Å²) in [6, 6.07) is 12.1. The first kappa shape index (κ1) is 21.5. The van der Waals surface area contributed by atoms with Gasteiger partial charge in [-0.3, -0.25) is 9.59 Å². The zero-order chi connectivity index (χ0) is 24.3. The quantitative estimate of drug-likeness (QED) is 0.386. The lowest BCUT2D eigenvalue weighted by Crippen LogP contribution is -2.46. The van der Waals surface area contributed by atoms with Crippen LogP contribution in [0.5, 0.6) is 0 Å². The highest BCUT2D eigenvalue weighted by Crippen LogP contribution is 2.48. The average Bonchev–Trinajstić information content (AvgIpc) is 3.39. The molecule has 0 unspecified atom stereocenters. The molecule has 0 bridgehead atoms. The molecule has 11 heteroatoms. The lowest BCUT2D eigenvalue weighted by Gasteiger charge is -2.27. The number of nitriles is 1. The molecule has 1 saturated carbocycles. The minimum atomic E-state index is -0.565. The Bertz CT molecular complexity index is 1580. The van der Waals surface area contributed by atoms with Crippen molar-refractivity contribution in [1.82, 2.24) is 24.4 Å². The molecule has 3 atom stereocenters. The van der Waals surface area contributed by atoms with E-state index in [0.29, 0.717) is 44.7 Å². The number of likely N-dealkylation sites (tertiary alicyclic amines) is 1. The number of anilines is 2. The van der Waals surface area contributed by atoms with Crippen molar-refractivity contribution < 1.29 is 9.59 Å². The van der Waals surface area contributed by atoms with E-state index in [1.165, 1.54) is 6.33 Å². The number of hydrogen-bond donors (Lipinski definition) is 2. The molecule has 3 N–H and O–H groups in total. The van der Waals surface area contributed by atoms with Gasteiger partial charge in [0.25, 0.3) is 0 Å². The Balaban J connectivity index is 1.33. The molecular weight excluding hydrogens is 512 g/mol. The third-order valence-corrected chi connectivity index (χ3v) is 7.19. The number of benzene rings is 1. The monoisotopic (exact) mass is 530 g/mol. The number of piperidine rings is 1. The van der Waals surface area contributed by atoms with Gasteiger partial charge in [-0.15, -0.1) is 0 Å². The van der Waals surface area contributed by atoms with Crippen LogP contribution in [0, 0.1) is 17.2 Å². The van der Waals surface area contributed by atoms with Gasteiger partial charge in [0.1, 0.15) is 40.8 Å². The van der Waals surface area contributed by atoms with Crippen LogP contribution in [0.15, 0.2) is 47.3 Å². The molecule has 1 saturated heterocycles. The van der Waals surface area contributed by atoms with Gasteiger partial charge in [-0.1, -0.05) is 6.07 Å². The summed E-state index contributed by atoms with van der Waals surface area (Å²) in [5.74, 6) is 0.629. The number of rotatable bonds is 4. The largest absolute Gasteiger partial charge is 0.383 e. The van der Waals surface area contributed by atoms with Crippen molar-refractivity contribution in [3.63, 3.8) is 0 Å². The van der Waals surface area contributed by atoms with Gasteiger partial charge < -0.3 is 20.5 Å². The number of hydrogen-bond acceptors (Lipinski definition) is 7. The molecule has 2 aliphatic rings. The number of nitrogens with two attached hydrogens (primary N) is 1. The molecule has 1 aliphatic heterocycles. The molecule has 2 fully saturated rings. The highest BCUT2D eigenvalue weighted by atomic mass is 79.9. The lowest BCUT2D eigenvalue weighted by atomic mass is 10.1. The van der Waals surface area contributed by atoms with E-state index < -0.39 is 6.04 Å². The van der Waals surface area contributed by atoms with Gasteiger partial charge in [0.2, 0.25) is 11.8 Å². The van der Waals surface area contributed by atoms with Crippen molar-refractivity contribution in [3.05, 3.63) is 52.9 Å². The van der Waals surface area contributed by atoms with Crippen molar-refractivity contribution in [2.24, 2.45) is 5.92 Å². The zero-order valence-corrected chi connectivity index (χ0v) is 19.9. The topological polar surface area (TPSA) is 143 Å². The summed E-state index contributed by atoms with van der Waals surface area (Å²) in [4.78, 5) is 41.2. The summed E-state index contributed by atoms with van der Waals surface area (Å²) in [6.07, 6.45) is 2.89. The Morgan fingerprint density at radius 1 is 1.23 bits per heavy atom. The number of carbonyl (C=O) groups excluding carboxylic acids is 2. The predicted octanol–water partition coefficient (Wildman–Crippen LogP) is 2.82. The number of carbonyl (C=O) groups is 2. The Labute approximate surface area is 207 Å². The van der Waals surface area contributed by atoms with Crippen LogP contribution < -0.4 is 11.1 Å². The van der Waals surface area contributed by atoms with E-state index in [1.807, 2.05) is 0 Å². The Morgan fingerprint density at radius 2 is 2.09 bits per heavy atom. The van der Waals surface area contributed by atoms with E-state index in [0.717, 1.165) is 11.9 Å². The molecule has 3 aromatic heterocycles. The van der Waals surface area contributed by atoms with Gasteiger partial charge in [0, 0.05) is 11.4 Å². The molecule has 4 aromatic rings. The van der Waals surface area contributed by atoms with E-state index in [2.05, 4.69) is 42.3 Å². The normalized spacial score (nSPS) is 20.6. The zero-order valence-electron chi connectivity index (χ0n) is 18.3. The molecule has 2 amide bonds. The van der Waals surface area contributed by atoms with E-state index in [1.54, 1.807) is 45.9 Å². The maximum Gasteiger partial charge on any atom is 0.248 e. The summed E-state index contributed by atoms with van der Waals surface area (Å²) in [5.41, 5.74) is 7.87. The molecule has 35 heavy (non-hydrogen) atoms. The van der Waals surface area contributed by atoms with Crippen molar-refractivity contribution in [2.75, 3.05) is 11.1 Å². The van der Waals surface area contributed by atoms with Crippen LogP contribution in [0.1, 0.15) is 18.4 Å². The second-order valence-electron chi connectivity index (χ2n) is 8.84. The molecular formula is C24H19BrN8O2. The summed E-state index contributed by atoms with van der Waals surface area (Å²) in [6.45, 7) is -0.00944. The Morgan fingerprint density at radius 3 is 2.89 bits per heavy atom. The second-order valence-corrected chi connectivity index (χ2v) is 9.65. The van der Waals surface area contributed by atoms with E-state index in [-0.39, 0.29) is 30.2 Å². The fourth-order valence-corrected chi connectivity index (χ4v) is 5.47. The van der Waals surface area contributed by atoms with Gasteiger partial charge in [0.15, 0.2) is 0 Å². The molecule has 0 spiro atoms. The summed E-state index contributed by atoms with van der Waals surface area (Å²) in [5, 5.41) is 13.5. The van der Waals surface area contributed by atoms with E-state index in [9.17, 15) is 14.9 Å². The molecule has 174 valence electrons. The molecule has 1 aliphatic carbocycles. The minimum Gasteiger partial charge on any atom is -0.383 e. The Kier molecular flexibility index (Phi) is 4.93. The molecule has 1 aromatic carbocycles. The van der Waals surface area contributed by atoms with Crippen LogP contribution in [-0.2, 0) is 16.1 Å². The fraction of sp³-hybridized carbons (Fsp3) is 0.250. The standard InChI is InChI=1S/C24H19BrN8O2/c25-18-2-1-3-19(30-18)31-24(35)17-8-13-7-16(13)33(17)20(34)10-32-15-5-4-12(9-26)6-14(15)21-22(27)28-11-29-23(21)32/h1-6,11,13,16-17H,7-8,10H2,(H2,27,28,29)(H,30,31,35)/t13-,16-,17+/m1/s1. The number of nitrogen functional groups attached to an aromatic ring is 1. The third kappa shape index (κ3) is 3.57. The third-order valence-electron chi connectivity index (χ3n) is 6.75. The number of fused-ring (bicyclic) bond motifs is 4. The molecule has 10 nitrogen and oxygen atoms in total. The van der Waals surface area contributed by atoms with E-state index in [4.69, 9.17) is 5.73 Å². The van der Waals surface area contributed by atoms with Gasteiger partial charge in [-0.25, -0.2) is 15.0 Å². The van der Waals surface area contributed by atoms with Crippen molar-refractivity contribution in [1.29, 1.82) is 5.26 Å². The number of halogens is 1. The van der Waals surface area contributed by atoms with Crippen LogP contribution in [0.2, 0.25) is 0 Å². The van der Waals surface area contributed by atoms with Gasteiger partial charge in [0.05, 0.1) is 22.5 Å². The summed E-state index contributed by atoms with van der Waals surface area (Å²) >= 11 is 3.31. The number of amides is 2. The summed E-state index contributed by atoms with van der Waals surface area (Å²) in [7, 11) is 0. The highest BCUT2D eigenvalue weighted by molar-refractivity contribution is 9.10. The van der Waals surface area contributed by atoms with Gasteiger partial charge >= 0.3 is 0 Å². The predicted molar refractivity (Wildman–Crippen MR) is 132 cm³/mol. The first-order chi connectivity index (χ1) is 16.9. The summed E-state index contributed by atoms with van der Waals surface area (Å²) < 4.78 is 2.40. The lowest BCUT2D eigenvalue weighted by molar-refractivity contribution is -0.138. The highest BCUT2D eigenvalue weighted by Gasteiger charge is 2.56. The van der Waals surface area contributed by atoms with Crippen LogP contribution >= 0.6 is 15.9 Å². The SMILES string of the molecule is N#Cc1ccc2c(c1)c1c(N)ncnc1n2CC(=O)N1[C@@H]2C[C@@H]2C[C@H]1C(=O)Nc1cccc(Br)n1. The number of nitrogens with one attached hydrogen (secondary N) is 1. The van der Waals surface area contributed by atoms with Gasteiger partial charge in [-0.05, 0) is 65.0 Å². The number of pyridine rings is 1. The molecule has 0 radical (unpaired) electrons. The smallest absolute Gasteiger partial charge is 0.248 e. The van der Waals surface area contributed by atoms with Crippen LogP contribution in [0.4, 0.5) is 11.6 Å². The maximum absolute atomic E-state index is 13.6. The Hall–Kier alpha value is -4.04. The van der Waals surface area contributed by atoms with Crippen molar-refractivity contribution in [3.8, 4) is 6.07 Å². The van der Waals surface area contributed by atoms with Crippen LogP contribution in [-0.4, -0.2) is 48.3 Å². The first-order valence-electron chi connectivity index (χ1n) is 11.1. The van der Waals surface area contributed by atoms with Gasteiger partial charge in [-0.2, -0.15) is 5.26 Å². The molecule has 6 rings (SSSR count). The van der Waals surface area contributed by atoms with Crippen molar-refractivity contribution in [2.45, 2.75) is 31.5 Å².